The zero-order chi connectivity index (χ0) is 16.1. The standard InChI is InChI=1S/C14H11N3O5/c18-12-5-10(6-13(19)7-12)14(20)16-15-8-9-2-1-3-11(4-9)17(21)22/h1-8,18-19H,(H,16,20). The molecule has 8 heteroatoms. The van der Waals surface area contributed by atoms with Crippen LogP contribution in [-0.4, -0.2) is 27.3 Å². The van der Waals surface area contributed by atoms with Crippen molar-refractivity contribution >= 4 is 17.8 Å². The van der Waals surface area contributed by atoms with Crippen LogP contribution in [0.3, 0.4) is 0 Å². The molecule has 112 valence electrons. The Kier molecular flexibility index (Phi) is 4.33. The first-order chi connectivity index (χ1) is 10.5. The van der Waals surface area contributed by atoms with E-state index in [0.29, 0.717) is 5.56 Å². The molecule has 0 bridgehead atoms. The highest BCUT2D eigenvalue weighted by molar-refractivity contribution is 5.95. The summed E-state index contributed by atoms with van der Waals surface area (Å²) in [6, 6.07) is 9.14. The Bertz CT molecular complexity index is 738. The highest BCUT2D eigenvalue weighted by Gasteiger charge is 2.08. The molecule has 0 spiro atoms. The second kappa shape index (κ2) is 6.35. The lowest BCUT2D eigenvalue weighted by Crippen LogP contribution is -2.17. The van der Waals surface area contributed by atoms with Crippen LogP contribution in [-0.2, 0) is 0 Å². The number of carbonyl (C=O) groups excluding carboxylic acids is 1. The number of phenolic OH excluding ortho intramolecular Hbond substituents is 2. The molecule has 0 radical (unpaired) electrons. The maximum atomic E-state index is 11.8. The Hall–Kier alpha value is -3.42. The molecule has 22 heavy (non-hydrogen) atoms. The van der Waals surface area contributed by atoms with Gasteiger partial charge in [-0.15, -0.1) is 0 Å². The van der Waals surface area contributed by atoms with Crippen LogP contribution in [0.1, 0.15) is 15.9 Å². The predicted octanol–water partition coefficient (Wildman–Crippen LogP) is 1.77. The van der Waals surface area contributed by atoms with E-state index in [0.717, 1.165) is 18.2 Å². The van der Waals surface area contributed by atoms with Crippen LogP contribution in [0.4, 0.5) is 5.69 Å². The number of rotatable bonds is 4. The van der Waals surface area contributed by atoms with Crippen molar-refractivity contribution in [2.24, 2.45) is 5.10 Å². The summed E-state index contributed by atoms with van der Waals surface area (Å²) in [6.45, 7) is 0. The average Bonchev–Trinajstić information content (AvgIpc) is 2.46. The average molecular weight is 301 g/mol. The van der Waals surface area contributed by atoms with Gasteiger partial charge in [0.05, 0.1) is 11.1 Å². The second-order valence-electron chi connectivity index (χ2n) is 4.29. The van der Waals surface area contributed by atoms with E-state index in [4.69, 9.17) is 0 Å². The number of carbonyl (C=O) groups is 1. The van der Waals surface area contributed by atoms with Crippen molar-refractivity contribution in [2.45, 2.75) is 0 Å². The Morgan fingerprint density at radius 1 is 1.18 bits per heavy atom. The van der Waals surface area contributed by atoms with Gasteiger partial charge in [0.1, 0.15) is 11.5 Å². The van der Waals surface area contributed by atoms with Gasteiger partial charge in [-0.1, -0.05) is 12.1 Å². The van der Waals surface area contributed by atoms with Crippen molar-refractivity contribution < 1.29 is 19.9 Å². The molecule has 0 aromatic heterocycles. The first kappa shape index (κ1) is 15.0. The molecule has 8 nitrogen and oxygen atoms in total. The minimum absolute atomic E-state index is 0.0219. The number of hydrogen-bond donors (Lipinski definition) is 3. The van der Waals surface area contributed by atoms with E-state index in [-0.39, 0.29) is 22.7 Å². The monoisotopic (exact) mass is 301 g/mol. The van der Waals surface area contributed by atoms with Crippen LogP contribution >= 0.6 is 0 Å². The third kappa shape index (κ3) is 3.79. The highest BCUT2D eigenvalue weighted by atomic mass is 16.6. The Morgan fingerprint density at radius 2 is 1.86 bits per heavy atom. The van der Waals surface area contributed by atoms with E-state index in [9.17, 15) is 25.1 Å². The normalized spacial score (nSPS) is 10.5. The van der Waals surface area contributed by atoms with Gasteiger partial charge in [0.2, 0.25) is 0 Å². The molecule has 0 aliphatic rings. The van der Waals surface area contributed by atoms with Gasteiger partial charge >= 0.3 is 0 Å². The molecule has 2 aromatic rings. The number of hydrogen-bond acceptors (Lipinski definition) is 6. The van der Waals surface area contributed by atoms with Crippen molar-refractivity contribution in [1.82, 2.24) is 5.43 Å². The summed E-state index contributed by atoms with van der Waals surface area (Å²) in [6.07, 6.45) is 1.24. The molecule has 2 aromatic carbocycles. The summed E-state index contributed by atoms with van der Waals surface area (Å²) < 4.78 is 0. The highest BCUT2D eigenvalue weighted by Crippen LogP contribution is 2.20. The third-order valence-corrected chi connectivity index (χ3v) is 2.63. The van der Waals surface area contributed by atoms with Crippen LogP contribution < -0.4 is 5.43 Å². The molecular weight excluding hydrogens is 290 g/mol. The number of nitrogens with zero attached hydrogens (tertiary/aromatic N) is 2. The summed E-state index contributed by atoms with van der Waals surface area (Å²) in [4.78, 5) is 21.9. The van der Waals surface area contributed by atoms with Crippen LogP contribution in [0.25, 0.3) is 0 Å². The lowest BCUT2D eigenvalue weighted by Gasteiger charge is -2.02. The molecule has 0 saturated heterocycles. The first-order valence-electron chi connectivity index (χ1n) is 6.06. The number of phenols is 2. The van der Waals surface area contributed by atoms with Crippen molar-refractivity contribution in [1.29, 1.82) is 0 Å². The molecule has 3 N–H and O–H groups in total. The lowest BCUT2D eigenvalue weighted by molar-refractivity contribution is -0.384. The molecular formula is C14H11N3O5. The molecule has 0 aliphatic heterocycles. The van der Waals surface area contributed by atoms with Gasteiger partial charge in [0.25, 0.3) is 11.6 Å². The Morgan fingerprint density at radius 3 is 2.50 bits per heavy atom. The van der Waals surface area contributed by atoms with Crippen molar-refractivity contribution in [3.05, 3.63) is 63.7 Å². The fourth-order valence-corrected chi connectivity index (χ4v) is 1.67. The number of nitrogens with one attached hydrogen (secondary N) is 1. The largest absolute Gasteiger partial charge is 0.508 e. The van der Waals surface area contributed by atoms with E-state index in [1.807, 2.05) is 0 Å². The third-order valence-electron chi connectivity index (χ3n) is 2.63. The summed E-state index contributed by atoms with van der Waals surface area (Å²) >= 11 is 0. The summed E-state index contributed by atoms with van der Waals surface area (Å²) in [5.41, 5.74) is 2.56. The van der Waals surface area contributed by atoms with Gasteiger partial charge in [-0.2, -0.15) is 5.10 Å². The minimum Gasteiger partial charge on any atom is -0.508 e. The van der Waals surface area contributed by atoms with Gasteiger partial charge in [0, 0.05) is 29.3 Å². The molecule has 2 rings (SSSR count). The number of non-ortho nitro benzene ring substituents is 1. The quantitative estimate of drug-likeness (QED) is 0.451. The van der Waals surface area contributed by atoms with Crippen molar-refractivity contribution in [3.8, 4) is 11.5 Å². The van der Waals surface area contributed by atoms with Crippen molar-refractivity contribution in [2.75, 3.05) is 0 Å². The van der Waals surface area contributed by atoms with Gasteiger partial charge in [-0.05, 0) is 12.1 Å². The van der Waals surface area contributed by atoms with Crippen LogP contribution in [0.5, 0.6) is 11.5 Å². The maximum absolute atomic E-state index is 11.8. The van der Waals surface area contributed by atoms with Crippen molar-refractivity contribution in [3.63, 3.8) is 0 Å². The van der Waals surface area contributed by atoms with Crippen LogP contribution in [0, 0.1) is 10.1 Å². The first-order valence-corrected chi connectivity index (χ1v) is 6.06. The molecule has 0 atom stereocenters. The zero-order valence-electron chi connectivity index (χ0n) is 11.1. The van der Waals surface area contributed by atoms with E-state index < -0.39 is 10.8 Å². The molecule has 0 fully saturated rings. The number of benzene rings is 2. The van der Waals surface area contributed by atoms with Gasteiger partial charge in [-0.25, -0.2) is 5.43 Å². The summed E-state index contributed by atoms with van der Waals surface area (Å²) in [5.74, 6) is -1.16. The summed E-state index contributed by atoms with van der Waals surface area (Å²) in [5, 5.41) is 32.9. The number of amides is 1. The smallest absolute Gasteiger partial charge is 0.271 e. The second-order valence-corrected chi connectivity index (χ2v) is 4.29. The fourth-order valence-electron chi connectivity index (χ4n) is 1.67. The molecule has 0 heterocycles. The molecule has 0 saturated carbocycles. The molecule has 1 amide bonds. The Labute approximate surface area is 124 Å². The SMILES string of the molecule is O=C(NN=Cc1cccc([N+](=O)[O-])c1)c1cc(O)cc(O)c1. The van der Waals surface area contributed by atoms with E-state index in [2.05, 4.69) is 10.5 Å². The molecule has 0 aliphatic carbocycles. The Balaban J connectivity index is 2.07. The van der Waals surface area contributed by atoms with E-state index in [1.54, 1.807) is 6.07 Å². The van der Waals surface area contributed by atoms with Gasteiger partial charge in [-0.3, -0.25) is 14.9 Å². The number of hydrazone groups is 1. The number of nitro benzene ring substituents is 1. The summed E-state index contributed by atoms with van der Waals surface area (Å²) in [7, 11) is 0. The van der Waals surface area contributed by atoms with E-state index in [1.165, 1.54) is 24.4 Å². The minimum atomic E-state index is -0.645. The number of nitro groups is 1. The number of aromatic hydroxyl groups is 2. The predicted molar refractivity (Wildman–Crippen MR) is 77.9 cm³/mol. The van der Waals surface area contributed by atoms with Gasteiger partial charge < -0.3 is 10.2 Å². The fraction of sp³-hybridized carbons (Fsp3) is 0. The van der Waals surface area contributed by atoms with Crippen LogP contribution in [0.2, 0.25) is 0 Å². The van der Waals surface area contributed by atoms with E-state index >= 15 is 0 Å². The molecule has 0 unspecified atom stereocenters. The zero-order valence-corrected chi connectivity index (χ0v) is 11.1. The van der Waals surface area contributed by atoms with Gasteiger partial charge in [0.15, 0.2) is 0 Å². The lowest BCUT2D eigenvalue weighted by atomic mass is 10.2. The maximum Gasteiger partial charge on any atom is 0.271 e. The van der Waals surface area contributed by atoms with Crippen LogP contribution in [0.15, 0.2) is 47.6 Å². The topological polar surface area (TPSA) is 125 Å².